The average molecular weight is 503 g/mol. The molecule has 4 fully saturated rings. The van der Waals surface area contributed by atoms with Gasteiger partial charge in [0.05, 0.1) is 6.04 Å². The van der Waals surface area contributed by atoms with Gasteiger partial charge in [0.1, 0.15) is 5.82 Å². The fraction of sp³-hybridized carbons (Fsp3) is 0.615. The van der Waals surface area contributed by atoms with Crippen molar-refractivity contribution < 1.29 is 27.4 Å². The Morgan fingerprint density at radius 2 is 1.75 bits per heavy atom. The number of fused-ring (bicyclic) bond motifs is 2. The summed E-state index contributed by atoms with van der Waals surface area (Å²) in [7, 11) is 0. The summed E-state index contributed by atoms with van der Waals surface area (Å²) in [4.78, 5) is 13.1. The first kappa shape index (κ1) is 22.3. The predicted octanol–water partition coefficient (Wildman–Crippen LogP) is 5.22. The van der Waals surface area contributed by atoms with Gasteiger partial charge in [0.15, 0.2) is 23.2 Å². The molecular formula is C26H29F3N4O3. The third kappa shape index (κ3) is 3.71. The molecule has 1 amide bonds. The fourth-order valence-electron chi connectivity index (χ4n) is 7.90. The number of hydrogen-bond donors (Lipinski definition) is 2. The molecule has 2 N–H and O–H groups in total. The van der Waals surface area contributed by atoms with Crippen LogP contribution in [-0.4, -0.2) is 35.2 Å². The summed E-state index contributed by atoms with van der Waals surface area (Å²) in [5.41, 5.74) is 0.817. The maximum absolute atomic E-state index is 14.1. The zero-order valence-corrected chi connectivity index (χ0v) is 19.8. The van der Waals surface area contributed by atoms with Gasteiger partial charge in [-0.25, -0.2) is 4.68 Å². The minimum absolute atomic E-state index is 0.0165. The second kappa shape index (κ2) is 7.79. The number of aromatic nitrogens is 2. The molecule has 6 aliphatic rings. The SMILES string of the molecule is O=C(NCC12CC3CC(CC(C3)C1)C2)c1cc2n(n1)[C@H](C(F)(F)F)C[C@@H](c1ccc3c(c1)OCO3)N2. The lowest BCUT2D eigenvalue weighted by Crippen LogP contribution is -2.51. The van der Waals surface area contributed by atoms with Gasteiger partial charge < -0.3 is 20.1 Å². The third-order valence-electron chi connectivity index (χ3n) is 9.01. The summed E-state index contributed by atoms with van der Waals surface area (Å²) in [6, 6.07) is 4.14. The first-order valence-corrected chi connectivity index (χ1v) is 12.9. The van der Waals surface area contributed by atoms with Crippen LogP contribution in [0.1, 0.15) is 73.1 Å². The minimum atomic E-state index is -4.51. The van der Waals surface area contributed by atoms with Crippen LogP contribution in [0.4, 0.5) is 19.0 Å². The summed E-state index contributed by atoms with van der Waals surface area (Å²) in [5.74, 6) is 3.15. The third-order valence-corrected chi connectivity index (χ3v) is 9.01. The van der Waals surface area contributed by atoms with E-state index in [1.165, 1.54) is 25.3 Å². The summed E-state index contributed by atoms with van der Waals surface area (Å²) in [5, 5.41) is 10.3. The van der Waals surface area contributed by atoms with Crippen LogP contribution >= 0.6 is 0 Å². The van der Waals surface area contributed by atoms with Crippen LogP contribution in [0, 0.1) is 23.2 Å². The second-order valence-corrected chi connectivity index (χ2v) is 11.6. The van der Waals surface area contributed by atoms with Crippen LogP contribution < -0.4 is 20.1 Å². The van der Waals surface area contributed by atoms with Crippen molar-refractivity contribution in [1.29, 1.82) is 0 Å². The van der Waals surface area contributed by atoms with Crippen LogP contribution in [-0.2, 0) is 0 Å². The van der Waals surface area contributed by atoms with Crippen molar-refractivity contribution in [3.8, 4) is 11.5 Å². The van der Waals surface area contributed by atoms with Crippen molar-refractivity contribution in [3.63, 3.8) is 0 Å². The second-order valence-electron chi connectivity index (χ2n) is 11.6. The Balaban J connectivity index is 1.11. The molecular weight excluding hydrogens is 473 g/mol. The van der Waals surface area contributed by atoms with Crippen molar-refractivity contribution in [1.82, 2.24) is 15.1 Å². The van der Waals surface area contributed by atoms with Crippen LogP contribution in [0.5, 0.6) is 11.5 Å². The van der Waals surface area contributed by atoms with Gasteiger partial charge in [-0.2, -0.15) is 18.3 Å². The largest absolute Gasteiger partial charge is 0.454 e. The summed E-state index contributed by atoms with van der Waals surface area (Å²) in [6.07, 6.45) is 2.63. The van der Waals surface area contributed by atoms with Crippen LogP contribution in [0.3, 0.4) is 0 Å². The van der Waals surface area contributed by atoms with E-state index in [2.05, 4.69) is 15.7 Å². The summed E-state index contributed by atoms with van der Waals surface area (Å²) < 4.78 is 53.9. The van der Waals surface area contributed by atoms with Gasteiger partial charge in [-0.3, -0.25) is 4.79 Å². The van der Waals surface area contributed by atoms with Gasteiger partial charge in [0, 0.05) is 19.0 Å². The molecule has 0 radical (unpaired) electrons. The van der Waals surface area contributed by atoms with Crippen molar-refractivity contribution in [2.24, 2.45) is 23.2 Å². The molecule has 4 saturated carbocycles. The van der Waals surface area contributed by atoms with E-state index in [-0.39, 0.29) is 30.1 Å². The van der Waals surface area contributed by atoms with E-state index in [1.54, 1.807) is 18.2 Å². The first-order chi connectivity index (χ1) is 17.2. The highest BCUT2D eigenvalue weighted by molar-refractivity contribution is 5.93. The Morgan fingerprint density at radius 3 is 2.44 bits per heavy atom. The van der Waals surface area contributed by atoms with Gasteiger partial charge in [0.25, 0.3) is 5.91 Å². The molecule has 36 heavy (non-hydrogen) atoms. The molecule has 4 bridgehead atoms. The number of alkyl halides is 3. The predicted molar refractivity (Wildman–Crippen MR) is 124 cm³/mol. The monoisotopic (exact) mass is 502 g/mol. The van der Waals surface area contributed by atoms with Gasteiger partial charge in [-0.15, -0.1) is 0 Å². The Bertz CT molecular complexity index is 1170. The standard InChI is InChI=1S/C26H29F3N4O3/c27-26(28,29)22-7-18(17-1-2-20-21(6-17)36-13-35-20)31-23-8-19(32-33(22)23)24(34)30-12-25-9-14-3-15(10-25)5-16(4-14)11-25/h1-2,6,8,14-16,18,22,31H,3-5,7,9-13H2,(H,30,34)/t14?,15?,16?,18-,22-,25?/m0/s1. The fourth-order valence-corrected chi connectivity index (χ4v) is 7.90. The van der Waals surface area contributed by atoms with Crippen LogP contribution in [0.2, 0.25) is 0 Å². The number of ether oxygens (including phenoxy) is 2. The molecule has 2 atom stereocenters. The molecule has 0 saturated heterocycles. The average Bonchev–Trinajstić information content (AvgIpc) is 3.47. The molecule has 2 aromatic rings. The number of benzene rings is 1. The van der Waals surface area contributed by atoms with Crippen LogP contribution in [0.15, 0.2) is 24.3 Å². The Labute approximate surface area is 206 Å². The lowest BCUT2D eigenvalue weighted by molar-refractivity contribution is -0.173. The highest BCUT2D eigenvalue weighted by atomic mass is 19.4. The van der Waals surface area contributed by atoms with Gasteiger partial charge in [0.2, 0.25) is 6.79 Å². The Morgan fingerprint density at radius 1 is 1.06 bits per heavy atom. The summed E-state index contributed by atoms with van der Waals surface area (Å²) in [6.45, 7) is 0.671. The number of carbonyl (C=O) groups excluding carboxylic acids is 1. The lowest BCUT2D eigenvalue weighted by atomic mass is 9.49. The topological polar surface area (TPSA) is 77.4 Å². The molecule has 0 spiro atoms. The number of carbonyl (C=O) groups is 1. The quantitative estimate of drug-likeness (QED) is 0.600. The zero-order valence-electron chi connectivity index (χ0n) is 19.8. The maximum Gasteiger partial charge on any atom is 0.410 e. The molecule has 1 aromatic heterocycles. The molecule has 8 rings (SSSR count). The molecule has 7 nitrogen and oxygen atoms in total. The highest BCUT2D eigenvalue weighted by Crippen LogP contribution is 2.59. The maximum atomic E-state index is 14.1. The van der Waals surface area contributed by atoms with E-state index in [1.807, 2.05) is 0 Å². The van der Waals surface area contributed by atoms with E-state index in [4.69, 9.17) is 9.47 Å². The van der Waals surface area contributed by atoms with E-state index in [0.717, 1.165) is 41.7 Å². The molecule has 192 valence electrons. The molecule has 4 aliphatic carbocycles. The van der Waals surface area contributed by atoms with Crippen molar-refractivity contribution >= 4 is 11.7 Å². The number of rotatable bonds is 4. The van der Waals surface area contributed by atoms with Crippen molar-refractivity contribution in [2.45, 2.75) is 63.2 Å². The van der Waals surface area contributed by atoms with Crippen LogP contribution in [0.25, 0.3) is 0 Å². The number of nitrogens with zero attached hydrogens (tertiary/aromatic N) is 2. The van der Waals surface area contributed by atoms with E-state index >= 15 is 0 Å². The molecule has 0 unspecified atom stereocenters. The molecule has 2 aliphatic heterocycles. The van der Waals surface area contributed by atoms with Gasteiger partial charge >= 0.3 is 6.18 Å². The highest BCUT2D eigenvalue weighted by Gasteiger charge is 2.51. The first-order valence-electron chi connectivity index (χ1n) is 12.9. The van der Waals surface area contributed by atoms with Crippen molar-refractivity contribution in [2.75, 3.05) is 18.7 Å². The number of halogens is 3. The minimum Gasteiger partial charge on any atom is -0.454 e. The Kier molecular flexibility index (Phi) is 4.83. The lowest BCUT2D eigenvalue weighted by Gasteiger charge is -2.56. The smallest absolute Gasteiger partial charge is 0.410 e. The summed E-state index contributed by atoms with van der Waals surface area (Å²) >= 11 is 0. The Hall–Kier alpha value is -2.91. The van der Waals surface area contributed by atoms with Crippen molar-refractivity contribution in [3.05, 3.63) is 35.5 Å². The van der Waals surface area contributed by atoms with Gasteiger partial charge in [-0.05, 0) is 79.4 Å². The number of anilines is 1. The molecule has 10 heteroatoms. The van der Waals surface area contributed by atoms with E-state index in [9.17, 15) is 18.0 Å². The zero-order chi connectivity index (χ0) is 24.7. The molecule has 3 heterocycles. The van der Waals surface area contributed by atoms with E-state index in [0.29, 0.717) is 23.6 Å². The number of amides is 1. The normalized spacial score (nSPS) is 33.8. The number of hydrogen-bond acceptors (Lipinski definition) is 5. The number of nitrogens with one attached hydrogen (secondary N) is 2. The van der Waals surface area contributed by atoms with Gasteiger partial charge in [-0.1, -0.05) is 6.07 Å². The van der Waals surface area contributed by atoms with E-state index < -0.39 is 24.2 Å². The molecule has 1 aromatic carbocycles.